The third-order valence-corrected chi connectivity index (χ3v) is 5.64. The number of anilines is 1. The molecule has 0 radical (unpaired) electrons. The van der Waals surface area contributed by atoms with Crippen LogP contribution in [0.25, 0.3) is 21.8 Å². The molecule has 1 atom stereocenters. The summed E-state index contributed by atoms with van der Waals surface area (Å²) in [6.07, 6.45) is 5.50. The third-order valence-electron chi connectivity index (χ3n) is 5.64. The summed E-state index contributed by atoms with van der Waals surface area (Å²) >= 11 is 0. The van der Waals surface area contributed by atoms with E-state index in [1.807, 2.05) is 48.7 Å². The molecule has 0 amide bonds. The van der Waals surface area contributed by atoms with E-state index >= 15 is 0 Å². The molecule has 1 fully saturated rings. The summed E-state index contributed by atoms with van der Waals surface area (Å²) in [4.78, 5) is 23.0. The van der Waals surface area contributed by atoms with E-state index in [4.69, 9.17) is 0 Å². The van der Waals surface area contributed by atoms with Gasteiger partial charge in [-0.1, -0.05) is 12.1 Å². The van der Waals surface area contributed by atoms with Crippen molar-refractivity contribution >= 4 is 27.5 Å². The highest BCUT2D eigenvalue weighted by molar-refractivity contribution is 5.96. The summed E-state index contributed by atoms with van der Waals surface area (Å²) in [6.45, 7) is 1.67. The third kappa shape index (κ3) is 2.55. The molecule has 0 saturated carbocycles. The minimum Gasteiger partial charge on any atom is -0.369 e. The SMILES string of the molecule is N#Cc1ccc(N2CCCC(n3cnc4ccccc4c3=O)C2)c2cc[nH]c12. The normalized spacial score (nSPS) is 17.1. The Kier molecular flexibility index (Phi) is 3.87. The van der Waals surface area contributed by atoms with Gasteiger partial charge in [0.1, 0.15) is 6.07 Å². The molecule has 0 spiro atoms. The van der Waals surface area contributed by atoms with Gasteiger partial charge in [-0.2, -0.15) is 5.26 Å². The summed E-state index contributed by atoms with van der Waals surface area (Å²) < 4.78 is 1.78. The number of fused-ring (bicyclic) bond motifs is 2. The van der Waals surface area contributed by atoms with Crippen LogP contribution in [-0.4, -0.2) is 27.6 Å². The van der Waals surface area contributed by atoms with Gasteiger partial charge in [0.15, 0.2) is 0 Å². The number of aromatic amines is 1. The van der Waals surface area contributed by atoms with E-state index in [0.717, 1.165) is 48.0 Å². The average molecular weight is 369 g/mol. The standard InChI is InChI=1S/C22H19N5O/c23-12-15-7-8-20(18-9-10-24-21(15)18)26-11-3-4-16(13-26)27-14-25-19-6-2-1-5-17(19)22(27)28/h1-2,5-10,14,16,24H,3-4,11,13H2. The zero-order valence-corrected chi connectivity index (χ0v) is 15.3. The van der Waals surface area contributed by atoms with Crippen LogP contribution >= 0.6 is 0 Å². The number of benzene rings is 2. The van der Waals surface area contributed by atoms with Crippen molar-refractivity contribution in [2.75, 3.05) is 18.0 Å². The van der Waals surface area contributed by atoms with E-state index < -0.39 is 0 Å². The van der Waals surface area contributed by atoms with Crippen LogP contribution in [0.5, 0.6) is 0 Å². The second-order valence-electron chi connectivity index (χ2n) is 7.23. The summed E-state index contributed by atoms with van der Waals surface area (Å²) in [7, 11) is 0. The molecular weight excluding hydrogens is 350 g/mol. The van der Waals surface area contributed by atoms with Crippen molar-refractivity contribution in [3.05, 3.63) is 70.9 Å². The second-order valence-corrected chi connectivity index (χ2v) is 7.23. The van der Waals surface area contributed by atoms with Crippen LogP contribution in [0, 0.1) is 11.3 Å². The van der Waals surface area contributed by atoms with Gasteiger partial charge < -0.3 is 9.88 Å². The molecule has 6 heteroatoms. The van der Waals surface area contributed by atoms with Crippen LogP contribution in [0.3, 0.4) is 0 Å². The van der Waals surface area contributed by atoms with Crippen molar-refractivity contribution in [1.82, 2.24) is 14.5 Å². The van der Waals surface area contributed by atoms with Crippen molar-refractivity contribution in [1.29, 1.82) is 5.26 Å². The van der Waals surface area contributed by atoms with Crippen LogP contribution in [-0.2, 0) is 0 Å². The van der Waals surface area contributed by atoms with Crippen LogP contribution in [0.1, 0.15) is 24.4 Å². The van der Waals surface area contributed by atoms with E-state index in [1.54, 1.807) is 10.9 Å². The Labute approximate surface area is 161 Å². The lowest BCUT2D eigenvalue weighted by Gasteiger charge is -2.35. The molecule has 1 aliphatic rings. The van der Waals surface area contributed by atoms with Crippen molar-refractivity contribution in [2.45, 2.75) is 18.9 Å². The Morgan fingerprint density at radius 1 is 1.14 bits per heavy atom. The number of rotatable bonds is 2. The molecular formula is C22H19N5O. The molecule has 2 aromatic carbocycles. The summed E-state index contributed by atoms with van der Waals surface area (Å²) in [6, 6.07) is 15.7. The van der Waals surface area contributed by atoms with E-state index in [2.05, 4.69) is 20.9 Å². The van der Waals surface area contributed by atoms with Gasteiger partial charge in [-0.15, -0.1) is 0 Å². The van der Waals surface area contributed by atoms with Gasteiger partial charge in [-0.3, -0.25) is 9.36 Å². The lowest BCUT2D eigenvalue weighted by molar-refractivity contribution is 0.395. The molecule has 1 N–H and O–H groups in total. The summed E-state index contributed by atoms with van der Waals surface area (Å²) in [5.74, 6) is 0. The van der Waals surface area contributed by atoms with E-state index in [0.29, 0.717) is 10.9 Å². The second kappa shape index (κ2) is 6.54. The zero-order valence-electron chi connectivity index (χ0n) is 15.3. The number of nitrogens with one attached hydrogen (secondary N) is 1. The number of nitriles is 1. The molecule has 2 aromatic heterocycles. The first-order chi connectivity index (χ1) is 13.8. The highest BCUT2D eigenvalue weighted by atomic mass is 16.1. The topological polar surface area (TPSA) is 77.7 Å². The van der Waals surface area contributed by atoms with Gasteiger partial charge in [0.05, 0.1) is 34.4 Å². The molecule has 0 aliphatic carbocycles. The fraction of sp³-hybridized carbons (Fsp3) is 0.227. The van der Waals surface area contributed by atoms with Crippen LogP contribution in [0.15, 0.2) is 59.8 Å². The summed E-state index contributed by atoms with van der Waals surface area (Å²) in [5, 5.41) is 11.0. The predicted molar refractivity (Wildman–Crippen MR) is 110 cm³/mol. The smallest absolute Gasteiger partial charge is 0.261 e. The quantitative estimate of drug-likeness (QED) is 0.586. The maximum Gasteiger partial charge on any atom is 0.261 e. The Hall–Kier alpha value is -3.59. The monoisotopic (exact) mass is 369 g/mol. The first-order valence-corrected chi connectivity index (χ1v) is 9.47. The molecule has 138 valence electrons. The zero-order chi connectivity index (χ0) is 19.1. The molecule has 1 aliphatic heterocycles. The van der Waals surface area contributed by atoms with E-state index in [-0.39, 0.29) is 11.6 Å². The maximum absolute atomic E-state index is 13.0. The lowest BCUT2D eigenvalue weighted by Crippen LogP contribution is -2.40. The van der Waals surface area contributed by atoms with Gasteiger partial charge in [-0.05, 0) is 43.2 Å². The minimum atomic E-state index is 0.0177. The van der Waals surface area contributed by atoms with Crippen LogP contribution in [0.4, 0.5) is 5.69 Å². The average Bonchev–Trinajstić information content (AvgIpc) is 3.24. The maximum atomic E-state index is 13.0. The van der Waals surface area contributed by atoms with Crippen LogP contribution in [0.2, 0.25) is 0 Å². The number of H-pyrrole nitrogens is 1. The predicted octanol–water partition coefficient (Wildman–Crippen LogP) is 3.59. The molecule has 6 nitrogen and oxygen atoms in total. The Morgan fingerprint density at radius 2 is 2.04 bits per heavy atom. The highest BCUT2D eigenvalue weighted by Crippen LogP contribution is 2.32. The van der Waals surface area contributed by atoms with E-state index in [9.17, 15) is 10.1 Å². The van der Waals surface area contributed by atoms with Gasteiger partial charge in [0.25, 0.3) is 5.56 Å². The van der Waals surface area contributed by atoms with Crippen molar-refractivity contribution in [3.63, 3.8) is 0 Å². The number of aromatic nitrogens is 3. The Morgan fingerprint density at radius 3 is 2.93 bits per heavy atom. The van der Waals surface area contributed by atoms with Crippen molar-refractivity contribution < 1.29 is 0 Å². The fourth-order valence-electron chi connectivity index (χ4n) is 4.25. The van der Waals surface area contributed by atoms with Crippen molar-refractivity contribution in [3.8, 4) is 6.07 Å². The molecule has 1 saturated heterocycles. The van der Waals surface area contributed by atoms with Crippen LogP contribution < -0.4 is 10.5 Å². The Balaban J connectivity index is 1.53. The first-order valence-electron chi connectivity index (χ1n) is 9.47. The van der Waals surface area contributed by atoms with Gasteiger partial charge in [0.2, 0.25) is 0 Å². The molecule has 3 heterocycles. The Bertz CT molecular complexity index is 1280. The number of para-hydroxylation sites is 1. The van der Waals surface area contributed by atoms with Gasteiger partial charge in [-0.25, -0.2) is 4.98 Å². The number of hydrogen-bond donors (Lipinski definition) is 1. The highest BCUT2D eigenvalue weighted by Gasteiger charge is 2.24. The summed E-state index contributed by atoms with van der Waals surface area (Å²) in [5.41, 5.74) is 3.36. The van der Waals surface area contributed by atoms with Gasteiger partial charge >= 0.3 is 0 Å². The fourth-order valence-corrected chi connectivity index (χ4v) is 4.25. The molecule has 1 unspecified atom stereocenters. The first kappa shape index (κ1) is 16.6. The minimum absolute atomic E-state index is 0.0177. The largest absolute Gasteiger partial charge is 0.369 e. The van der Waals surface area contributed by atoms with Crippen molar-refractivity contribution in [2.24, 2.45) is 0 Å². The molecule has 28 heavy (non-hydrogen) atoms. The lowest BCUT2D eigenvalue weighted by atomic mass is 10.0. The molecule has 5 rings (SSSR count). The number of nitrogens with zero attached hydrogens (tertiary/aromatic N) is 4. The number of hydrogen-bond acceptors (Lipinski definition) is 4. The molecule has 0 bridgehead atoms. The van der Waals surface area contributed by atoms with E-state index in [1.165, 1.54) is 0 Å². The molecule has 4 aromatic rings. The number of piperidine rings is 1. The van der Waals surface area contributed by atoms with Gasteiger partial charge in [0, 0.05) is 30.4 Å².